The van der Waals surface area contributed by atoms with E-state index in [1.165, 1.54) is 16.4 Å². The molecule has 1 unspecified atom stereocenters. The van der Waals surface area contributed by atoms with Gasteiger partial charge in [0.25, 0.3) is 15.9 Å². The summed E-state index contributed by atoms with van der Waals surface area (Å²) in [6.45, 7) is 5.25. The standard InChI is InChI=1S/C26H28N2O4S/c1-3-32-18-23-11-5-4-10-22(23)17-27-26(29)21-12-8-13-24(16-21)33(30,31)28-19(2)15-20-9-6-7-14-25(20)28/h4-14,16,19H,3,15,17-18H2,1-2H3,(H,27,29). The number of nitrogens with one attached hydrogen (secondary N) is 1. The second kappa shape index (κ2) is 9.77. The largest absolute Gasteiger partial charge is 0.377 e. The Labute approximate surface area is 195 Å². The minimum Gasteiger partial charge on any atom is -0.377 e. The van der Waals surface area contributed by atoms with Gasteiger partial charge in [0.1, 0.15) is 0 Å². The van der Waals surface area contributed by atoms with Gasteiger partial charge in [-0.25, -0.2) is 8.42 Å². The van der Waals surface area contributed by atoms with Crippen LogP contribution in [0.5, 0.6) is 0 Å². The van der Waals surface area contributed by atoms with Crippen molar-refractivity contribution in [3.63, 3.8) is 0 Å². The summed E-state index contributed by atoms with van der Waals surface area (Å²) in [4.78, 5) is 13.0. The average molecular weight is 465 g/mol. The Kier molecular flexibility index (Phi) is 6.81. The number of hydrogen-bond acceptors (Lipinski definition) is 4. The van der Waals surface area contributed by atoms with Crippen LogP contribution in [0.1, 0.15) is 40.9 Å². The van der Waals surface area contributed by atoms with Crippen LogP contribution in [0.25, 0.3) is 0 Å². The van der Waals surface area contributed by atoms with E-state index in [1.807, 2.05) is 62.4 Å². The number of sulfonamides is 1. The maximum absolute atomic E-state index is 13.5. The molecule has 0 saturated carbocycles. The zero-order valence-electron chi connectivity index (χ0n) is 18.8. The highest BCUT2D eigenvalue weighted by Crippen LogP contribution is 2.36. The minimum absolute atomic E-state index is 0.107. The Bertz CT molecular complexity index is 1260. The number of ether oxygens (including phenoxy) is 1. The first-order valence-corrected chi connectivity index (χ1v) is 12.5. The summed E-state index contributed by atoms with van der Waals surface area (Å²) >= 11 is 0. The smallest absolute Gasteiger partial charge is 0.264 e. The van der Waals surface area contributed by atoms with Gasteiger partial charge in [0.15, 0.2) is 0 Å². The number of fused-ring (bicyclic) bond motifs is 1. The van der Waals surface area contributed by atoms with Gasteiger partial charge < -0.3 is 10.1 Å². The van der Waals surface area contributed by atoms with Crippen molar-refractivity contribution in [2.45, 2.75) is 44.4 Å². The molecule has 4 rings (SSSR count). The van der Waals surface area contributed by atoms with E-state index < -0.39 is 10.0 Å². The zero-order valence-corrected chi connectivity index (χ0v) is 19.6. The van der Waals surface area contributed by atoms with E-state index in [9.17, 15) is 13.2 Å². The maximum atomic E-state index is 13.5. The van der Waals surface area contributed by atoms with Crippen LogP contribution >= 0.6 is 0 Å². The fourth-order valence-electron chi connectivity index (χ4n) is 4.18. The summed E-state index contributed by atoms with van der Waals surface area (Å²) < 4.78 is 33.9. The van der Waals surface area contributed by atoms with E-state index in [2.05, 4.69) is 5.32 Å². The molecule has 0 fully saturated rings. The monoisotopic (exact) mass is 464 g/mol. The van der Waals surface area contributed by atoms with E-state index in [4.69, 9.17) is 4.74 Å². The minimum atomic E-state index is -3.80. The summed E-state index contributed by atoms with van der Waals surface area (Å²) in [5, 5.41) is 2.90. The fourth-order valence-corrected chi connectivity index (χ4v) is 5.91. The van der Waals surface area contributed by atoms with Crippen molar-refractivity contribution in [3.8, 4) is 0 Å². The van der Waals surface area contributed by atoms with Crippen LogP contribution in [0.4, 0.5) is 5.69 Å². The van der Waals surface area contributed by atoms with E-state index >= 15 is 0 Å². The van der Waals surface area contributed by atoms with Crippen molar-refractivity contribution in [3.05, 3.63) is 95.1 Å². The molecular formula is C26H28N2O4S. The lowest BCUT2D eigenvalue weighted by Gasteiger charge is -2.24. The molecule has 7 heteroatoms. The van der Waals surface area contributed by atoms with Crippen LogP contribution in [0.2, 0.25) is 0 Å². The molecule has 3 aromatic rings. The molecule has 6 nitrogen and oxygen atoms in total. The molecule has 1 heterocycles. The van der Waals surface area contributed by atoms with Gasteiger partial charge in [-0.3, -0.25) is 9.10 Å². The fraction of sp³-hybridized carbons (Fsp3) is 0.269. The number of rotatable bonds is 8. The summed E-state index contributed by atoms with van der Waals surface area (Å²) in [5.74, 6) is -0.326. The number of amides is 1. The van der Waals surface area contributed by atoms with Gasteiger partial charge in [0.05, 0.1) is 17.2 Å². The van der Waals surface area contributed by atoms with Crippen LogP contribution < -0.4 is 9.62 Å². The van der Waals surface area contributed by atoms with Gasteiger partial charge >= 0.3 is 0 Å². The molecule has 1 amide bonds. The lowest BCUT2D eigenvalue weighted by molar-refractivity contribution is 0.0949. The third-order valence-corrected chi connectivity index (χ3v) is 7.74. The summed E-state index contributed by atoms with van der Waals surface area (Å²) in [6, 6.07) is 21.3. The van der Waals surface area contributed by atoms with Gasteiger partial charge in [0.2, 0.25) is 0 Å². The Morgan fingerprint density at radius 2 is 1.76 bits per heavy atom. The Morgan fingerprint density at radius 3 is 2.55 bits per heavy atom. The lowest BCUT2D eigenvalue weighted by atomic mass is 10.1. The molecule has 0 saturated heterocycles. The molecule has 1 aliphatic rings. The van der Waals surface area contributed by atoms with Crippen LogP contribution in [0.3, 0.4) is 0 Å². The van der Waals surface area contributed by atoms with E-state index in [-0.39, 0.29) is 16.8 Å². The Hall–Kier alpha value is -3.16. The molecule has 0 aromatic heterocycles. The van der Waals surface area contributed by atoms with E-state index in [0.717, 1.165) is 16.7 Å². The van der Waals surface area contributed by atoms with E-state index in [1.54, 1.807) is 12.1 Å². The first-order chi connectivity index (χ1) is 15.9. The number of carbonyl (C=O) groups is 1. The maximum Gasteiger partial charge on any atom is 0.264 e. The lowest BCUT2D eigenvalue weighted by Crippen LogP contribution is -2.35. The molecule has 1 N–H and O–H groups in total. The van der Waals surface area contributed by atoms with Crippen LogP contribution in [0.15, 0.2) is 77.7 Å². The van der Waals surface area contributed by atoms with Gasteiger partial charge in [-0.1, -0.05) is 48.5 Å². The van der Waals surface area contributed by atoms with Crippen LogP contribution in [0, 0.1) is 0 Å². The van der Waals surface area contributed by atoms with Crippen molar-refractivity contribution in [2.24, 2.45) is 0 Å². The highest BCUT2D eigenvalue weighted by Gasteiger charge is 2.36. The highest BCUT2D eigenvalue weighted by molar-refractivity contribution is 7.92. The number of benzene rings is 3. The van der Waals surface area contributed by atoms with Crippen molar-refractivity contribution < 1.29 is 17.9 Å². The summed E-state index contributed by atoms with van der Waals surface area (Å²) in [6.07, 6.45) is 0.663. The Morgan fingerprint density at radius 1 is 1.03 bits per heavy atom. The quantitative estimate of drug-likeness (QED) is 0.540. The van der Waals surface area contributed by atoms with Crippen LogP contribution in [-0.2, 0) is 34.3 Å². The number of hydrogen-bond donors (Lipinski definition) is 1. The molecular weight excluding hydrogens is 436 g/mol. The molecule has 0 aliphatic carbocycles. The van der Waals surface area contributed by atoms with E-state index in [0.29, 0.717) is 37.4 Å². The number of nitrogens with zero attached hydrogens (tertiary/aromatic N) is 1. The first kappa shape index (κ1) is 23.0. The van der Waals surface area contributed by atoms with Gasteiger partial charge in [-0.15, -0.1) is 0 Å². The number of carbonyl (C=O) groups excluding carboxylic acids is 1. The zero-order chi connectivity index (χ0) is 23.4. The summed E-state index contributed by atoms with van der Waals surface area (Å²) in [5.41, 5.74) is 3.99. The topological polar surface area (TPSA) is 75.7 Å². The second-order valence-electron chi connectivity index (χ2n) is 8.10. The first-order valence-electron chi connectivity index (χ1n) is 11.1. The second-order valence-corrected chi connectivity index (χ2v) is 9.91. The molecule has 0 radical (unpaired) electrons. The van der Waals surface area contributed by atoms with Gasteiger partial charge in [-0.2, -0.15) is 0 Å². The van der Waals surface area contributed by atoms with Crippen molar-refractivity contribution in [2.75, 3.05) is 10.9 Å². The SMILES string of the molecule is CCOCc1ccccc1CNC(=O)c1cccc(S(=O)(=O)N2c3ccccc3CC2C)c1. The van der Waals surface area contributed by atoms with Gasteiger partial charge in [-0.05, 0) is 61.2 Å². The van der Waals surface area contributed by atoms with Crippen molar-refractivity contribution in [1.29, 1.82) is 0 Å². The predicted octanol–water partition coefficient (Wildman–Crippen LogP) is 4.29. The third-order valence-electron chi connectivity index (χ3n) is 5.82. The van der Waals surface area contributed by atoms with Gasteiger partial charge in [0, 0.05) is 24.8 Å². The molecule has 0 spiro atoms. The molecule has 33 heavy (non-hydrogen) atoms. The highest BCUT2D eigenvalue weighted by atomic mass is 32.2. The predicted molar refractivity (Wildman–Crippen MR) is 129 cm³/mol. The number of anilines is 1. The molecule has 1 aliphatic heterocycles. The normalized spacial score (nSPS) is 15.3. The Balaban J connectivity index is 1.53. The summed E-state index contributed by atoms with van der Waals surface area (Å²) in [7, 11) is -3.80. The average Bonchev–Trinajstić information content (AvgIpc) is 3.18. The molecule has 172 valence electrons. The van der Waals surface area contributed by atoms with Crippen LogP contribution in [-0.4, -0.2) is 27.0 Å². The third kappa shape index (κ3) is 4.79. The molecule has 1 atom stereocenters. The van der Waals surface area contributed by atoms with Crippen molar-refractivity contribution in [1.82, 2.24) is 5.32 Å². The molecule has 3 aromatic carbocycles. The molecule has 0 bridgehead atoms. The van der Waals surface area contributed by atoms with Crippen molar-refractivity contribution >= 4 is 21.6 Å². The number of para-hydroxylation sites is 1.